The van der Waals surface area contributed by atoms with Gasteiger partial charge in [0.2, 0.25) is 0 Å². The van der Waals surface area contributed by atoms with Crippen LogP contribution in [0.25, 0.3) is 0 Å². The first-order valence-corrected chi connectivity index (χ1v) is 6.87. The van der Waals surface area contributed by atoms with Crippen LogP contribution in [-0.4, -0.2) is 33.5 Å². The number of aliphatic carboxylic acids is 1. The van der Waals surface area contributed by atoms with Gasteiger partial charge in [0, 0.05) is 11.4 Å². The van der Waals surface area contributed by atoms with Crippen LogP contribution in [-0.2, 0) is 11.2 Å². The second kappa shape index (κ2) is 5.14. The fourth-order valence-electron chi connectivity index (χ4n) is 2.38. The Hall–Kier alpha value is -0.940. The summed E-state index contributed by atoms with van der Waals surface area (Å²) in [7, 11) is 0. The van der Waals surface area contributed by atoms with Gasteiger partial charge in [0.25, 0.3) is 0 Å². The molecule has 1 aliphatic heterocycles. The molecule has 1 aromatic heterocycles. The number of carbonyl (C=O) groups is 1. The molecule has 1 atom stereocenters. The predicted molar refractivity (Wildman–Crippen MR) is 67.3 cm³/mol. The molecule has 0 bridgehead atoms. The van der Waals surface area contributed by atoms with Crippen LogP contribution < -0.4 is 0 Å². The number of nitrogens with zero attached hydrogens (tertiary/aromatic N) is 2. The van der Waals surface area contributed by atoms with Crippen LogP contribution in [0.1, 0.15) is 43.4 Å². The van der Waals surface area contributed by atoms with Gasteiger partial charge in [-0.1, -0.05) is 0 Å². The molecule has 94 valence electrons. The number of rotatable bonds is 4. The minimum absolute atomic E-state index is 0.0326. The normalized spacial score (nSPS) is 21.2. The Labute approximate surface area is 105 Å². The molecule has 0 amide bonds. The van der Waals surface area contributed by atoms with Crippen LogP contribution in [0.3, 0.4) is 0 Å². The Morgan fingerprint density at radius 3 is 3.12 bits per heavy atom. The van der Waals surface area contributed by atoms with E-state index in [0.29, 0.717) is 17.8 Å². The van der Waals surface area contributed by atoms with E-state index in [4.69, 9.17) is 5.11 Å². The van der Waals surface area contributed by atoms with E-state index in [-0.39, 0.29) is 6.42 Å². The molecule has 0 aliphatic carbocycles. The Balaban J connectivity index is 2.11. The molecule has 1 aromatic rings. The van der Waals surface area contributed by atoms with Crippen molar-refractivity contribution >= 4 is 17.3 Å². The topological polar surface area (TPSA) is 53.4 Å². The number of aromatic nitrogens is 1. The van der Waals surface area contributed by atoms with Gasteiger partial charge < -0.3 is 5.11 Å². The Bertz CT molecular complexity index is 403. The number of carboxylic acids is 1. The zero-order chi connectivity index (χ0) is 12.4. The lowest BCUT2D eigenvalue weighted by molar-refractivity contribution is -0.136. The van der Waals surface area contributed by atoms with Crippen LogP contribution >= 0.6 is 11.3 Å². The van der Waals surface area contributed by atoms with Gasteiger partial charge in [0.15, 0.2) is 0 Å². The summed E-state index contributed by atoms with van der Waals surface area (Å²) in [5, 5.41) is 11.7. The lowest BCUT2D eigenvalue weighted by atomic mass is 10.2. The van der Waals surface area contributed by atoms with Crippen molar-refractivity contribution in [2.45, 2.75) is 45.2 Å². The van der Waals surface area contributed by atoms with Crippen LogP contribution in [0, 0.1) is 0 Å². The molecule has 1 fully saturated rings. The van der Waals surface area contributed by atoms with Gasteiger partial charge in [0.05, 0.1) is 18.2 Å². The van der Waals surface area contributed by atoms with Gasteiger partial charge in [0.1, 0.15) is 5.01 Å². The first-order valence-electron chi connectivity index (χ1n) is 5.99. The standard InChI is InChI=1S/C12H18N2O2S/c1-8(2)14-5-3-4-10(14)12-13-9(7-17-12)6-11(15)16/h7-8,10H,3-6H2,1-2H3,(H,15,16). The highest BCUT2D eigenvalue weighted by Gasteiger charge is 2.29. The van der Waals surface area contributed by atoms with Gasteiger partial charge >= 0.3 is 5.97 Å². The molecule has 0 spiro atoms. The molecule has 0 aromatic carbocycles. The molecule has 1 saturated heterocycles. The number of hydrogen-bond donors (Lipinski definition) is 1. The average Bonchev–Trinajstić information content (AvgIpc) is 2.82. The van der Waals surface area contributed by atoms with Crippen molar-refractivity contribution in [2.75, 3.05) is 6.54 Å². The van der Waals surface area contributed by atoms with E-state index in [9.17, 15) is 4.79 Å². The third-order valence-corrected chi connectivity index (χ3v) is 4.14. The van der Waals surface area contributed by atoms with E-state index in [1.165, 1.54) is 6.42 Å². The second-order valence-electron chi connectivity index (χ2n) is 4.74. The fraction of sp³-hybridized carbons (Fsp3) is 0.667. The number of carboxylic acid groups (broad SMARTS) is 1. The van der Waals surface area contributed by atoms with E-state index >= 15 is 0 Å². The largest absolute Gasteiger partial charge is 0.481 e. The molecule has 0 radical (unpaired) electrons. The van der Waals surface area contributed by atoms with E-state index in [1.54, 1.807) is 11.3 Å². The van der Waals surface area contributed by atoms with Gasteiger partial charge in [-0.3, -0.25) is 9.69 Å². The molecule has 5 heteroatoms. The van der Waals surface area contributed by atoms with Crippen molar-refractivity contribution < 1.29 is 9.90 Å². The predicted octanol–water partition coefficient (Wildman–Crippen LogP) is 2.32. The second-order valence-corrected chi connectivity index (χ2v) is 5.63. The van der Waals surface area contributed by atoms with Crippen molar-refractivity contribution in [1.82, 2.24) is 9.88 Å². The van der Waals surface area contributed by atoms with Crippen LogP contribution in [0.2, 0.25) is 0 Å². The molecule has 1 unspecified atom stereocenters. The number of hydrogen-bond acceptors (Lipinski definition) is 4. The molecular formula is C12H18N2O2S. The molecule has 4 nitrogen and oxygen atoms in total. The monoisotopic (exact) mass is 254 g/mol. The molecule has 2 rings (SSSR count). The third-order valence-electron chi connectivity index (χ3n) is 3.14. The molecule has 17 heavy (non-hydrogen) atoms. The van der Waals surface area contributed by atoms with Crippen molar-refractivity contribution in [2.24, 2.45) is 0 Å². The van der Waals surface area contributed by atoms with Crippen LogP contribution in [0.5, 0.6) is 0 Å². The maximum atomic E-state index is 10.6. The van der Waals surface area contributed by atoms with Gasteiger partial charge in [-0.15, -0.1) is 11.3 Å². The van der Waals surface area contributed by atoms with Crippen molar-refractivity contribution in [3.8, 4) is 0 Å². The summed E-state index contributed by atoms with van der Waals surface area (Å²) in [5.41, 5.74) is 0.688. The van der Waals surface area contributed by atoms with Crippen LogP contribution in [0.4, 0.5) is 0 Å². The summed E-state index contributed by atoms with van der Waals surface area (Å²) in [4.78, 5) is 17.5. The van der Waals surface area contributed by atoms with E-state index in [2.05, 4.69) is 23.7 Å². The fourth-order valence-corrected chi connectivity index (χ4v) is 3.36. The molecule has 2 heterocycles. The maximum Gasteiger partial charge on any atom is 0.309 e. The highest BCUT2D eigenvalue weighted by molar-refractivity contribution is 7.09. The highest BCUT2D eigenvalue weighted by Crippen LogP contribution is 2.35. The van der Waals surface area contributed by atoms with Crippen molar-refractivity contribution in [3.63, 3.8) is 0 Å². The lowest BCUT2D eigenvalue weighted by Crippen LogP contribution is -2.30. The first-order chi connectivity index (χ1) is 8.08. The lowest BCUT2D eigenvalue weighted by Gasteiger charge is -2.26. The zero-order valence-corrected chi connectivity index (χ0v) is 11.0. The van der Waals surface area contributed by atoms with E-state index in [0.717, 1.165) is 18.0 Å². The summed E-state index contributed by atoms with van der Waals surface area (Å²) in [6, 6.07) is 0.914. The van der Waals surface area contributed by atoms with E-state index in [1.807, 2.05) is 5.38 Å². The van der Waals surface area contributed by atoms with Gasteiger partial charge in [-0.25, -0.2) is 4.98 Å². The van der Waals surface area contributed by atoms with Crippen LogP contribution in [0.15, 0.2) is 5.38 Å². The number of thiazole rings is 1. The van der Waals surface area contributed by atoms with Crippen molar-refractivity contribution in [1.29, 1.82) is 0 Å². The first kappa shape index (κ1) is 12.5. The molecular weight excluding hydrogens is 236 g/mol. The summed E-state index contributed by atoms with van der Waals surface area (Å²) in [5.74, 6) is -0.811. The van der Waals surface area contributed by atoms with E-state index < -0.39 is 5.97 Å². The summed E-state index contributed by atoms with van der Waals surface area (Å²) < 4.78 is 0. The Kier molecular flexibility index (Phi) is 3.79. The Morgan fingerprint density at radius 1 is 1.71 bits per heavy atom. The SMILES string of the molecule is CC(C)N1CCCC1c1nc(CC(=O)O)cs1. The minimum atomic E-state index is -0.811. The zero-order valence-electron chi connectivity index (χ0n) is 10.2. The van der Waals surface area contributed by atoms with Gasteiger partial charge in [-0.2, -0.15) is 0 Å². The summed E-state index contributed by atoms with van der Waals surface area (Å²) >= 11 is 1.59. The van der Waals surface area contributed by atoms with Crippen molar-refractivity contribution in [3.05, 3.63) is 16.1 Å². The molecule has 1 aliphatic rings. The summed E-state index contributed by atoms with van der Waals surface area (Å²) in [6.45, 7) is 5.52. The maximum absolute atomic E-state index is 10.6. The third kappa shape index (κ3) is 2.84. The smallest absolute Gasteiger partial charge is 0.309 e. The van der Waals surface area contributed by atoms with Gasteiger partial charge in [-0.05, 0) is 33.2 Å². The minimum Gasteiger partial charge on any atom is -0.481 e. The highest BCUT2D eigenvalue weighted by atomic mass is 32.1. The Morgan fingerprint density at radius 2 is 2.47 bits per heavy atom. The summed E-state index contributed by atoms with van der Waals surface area (Å²) in [6.07, 6.45) is 2.37. The quantitative estimate of drug-likeness (QED) is 0.896. The molecule has 0 saturated carbocycles. The average molecular weight is 254 g/mol. The number of likely N-dealkylation sites (tertiary alicyclic amines) is 1. The molecule has 1 N–H and O–H groups in total.